The zero-order chi connectivity index (χ0) is 29.3. The van der Waals surface area contributed by atoms with Crippen LogP contribution in [0, 0.1) is 0 Å². The zero-order valence-corrected chi connectivity index (χ0v) is 22.7. The molecule has 208 valence electrons. The van der Waals surface area contributed by atoms with Gasteiger partial charge in [0.2, 0.25) is 10.0 Å². The molecular formula is C23H19N5O9S3. The Hall–Kier alpha value is -4.29. The van der Waals surface area contributed by atoms with Crippen LogP contribution in [0.15, 0.2) is 103 Å². The van der Waals surface area contributed by atoms with Crippen LogP contribution in [0.3, 0.4) is 0 Å². The van der Waals surface area contributed by atoms with Gasteiger partial charge in [0.1, 0.15) is 10.6 Å². The van der Waals surface area contributed by atoms with Crippen molar-refractivity contribution in [2.24, 2.45) is 20.5 Å². The van der Waals surface area contributed by atoms with Crippen LogP contribution >= 0.6 is 0 Å². The molecule has 14 nitrogen and oxygen atoms in total. The monoisotopic (exact) mass is 605 g/mol. The molecule has 17 heteroatoms. The van der Waals surface area contributed by atoms with Gasteiger partial charge < -0.3 is 5.11 Å². The largest absolute Gasteiger partial charge is 0.505 e. The highest BCUT2D eigenvalue weighted by molar-refractivity contribution is 7.92. The molecule has 0 amide bonds. The lowest BCUT2D eigenvalue weighted by Crippen LogP contribution is -2.09. The summed E-state index contributed by atoms with van der Waals surface area (Å²) in [6, 6.07) is 16.0. The van der Waals surface area contributed by atoms with Gasteiger partial charge in [-0.1, -0.05) is 0 Å². The third-order valence-corrected chi connectivity index (χ3v) is 7.50. The van der Waals surface area contributed by atoms with Crippen molar-refractivity contribution in [1.82, 2.24) is 0 Å². The Bertz CT molecular complexity index is 1990. The van der Waals surface area contributed by atoms with Crippen molar-refractivity contribution in [3.8, 4) is 5.75 Å². The molecule has 0 heterocycles. The average molecular weight is 606 g/mol. The van der Waals surface area contributed by atoms with Gasteiger partial charge in [0.25, 0.3) is 20.2 Å². The number of azo groups is 2. The van der Waals surface area contributed by atoms with Crippen molar-refractivity contribution >= 4 is 69.5 Å². The van der Waals surface area contributed by atoms with Crippen molar-refractivity contribution in [2.75, 3.05) is 11.0 Å². The molecule has 0 fully saturated rings. The lowest BCUT2D eigenvalue weighted by Gasteiger charge is -2.10. The molecule has 40 heavy (non-hydrogen) atoms. The number of fused-ring (bicyclic) bond motifs is 1. The molecule has 0 bridgehead atoms. The summed E-state index contributed by atoms with van der Waals surface area (Å²) in [5.41, 5.74) is 0.502. The number of phenolic OH excluding ortho intramolecular Hbond substituents is 1. The van der Waals surface area contributed by atoms with E-state index in [1.165, 1.54) is 66.7 Å². The fourth-order valence-corrected chi connectivity index (χ4v) is 5.11. The predicted molar refractivity (Wildman–Crippen MR) is 145 cm³/mol. The first-order valence-corrected chi connectivity index (χ1v) is 15.6. The van der Waals surface area contributed by atoms with Crippen LogP contribution in [0.1, 0.15) is 0 Å². The van der Waals surface area contributed by atoms with Gasteiger partial charge in [-0.3, -0.25) is 13.8 Å². The Balaban J connectivity index is 1.61. The molecule has 0 aliphatic heterocycles. The third kappa shape index (κ3) is 7.01. The van der Waals surface area contributed by atoms with E-state index in [9.17, 15) is 34.9 Å². The summed E-state index contributed by atoms with van der Waals surface area (Å²) in [5, 5.41) is 26.7. The Morgan fingerprint density at radius 2 is 1.15 bits per heavy atom. The number of phenols is 1. The first-order chi connectivity index (χ1) is 18.6. The van der Waals surface area contributed by atoms with Crippen molar-refractivity contribution in [3.63, 3.8) is 0 Å². The number of anilines is 1. The fraction of sp³-hybridized carbons (Fsp3) is 0.0435. The molecule has 4 rings (SSSR count). The minimum Gasteiger partial charge on any atom is -0.505 e. The van der Waals surface area contributed by atoms with E-state index >= 15 is 0 Å². The second-order valence-electron chi connectivity index (χ2n) is 8.24. The molecule has 0 spiro atoms. The molecule has 4 aromatic rings. The van der Waals surface area contributed by atoms with E-state index in [-0.39, 0.29) is 27.0 Å². The quantitative estimate of drug-likeness (QED) is 0.152. The van der Waals surface area contributed by atoms with Crippen LogP contribution in [0.4, 0.5) is 28.4 Å². The number of hydrogen-bond acceptors (Lipinski definition) is 11. The standard InChI is InChI=1S/C23H19N5O9S3/c1-38(30,31)28-18-8-11-20-14(12-18)13-21(40(35,36)37)22(23(20)29)27-26-16-4-2-15(3-5-16)24-25-17-6-9-19(10-7-17)39(32,33)34/h2-13,28-29H,1H3,(H,32,33,34)(H,35,36,37). The summed E-state index contributed by atoms with van der Waals surface area (Å²) < 4.78 is 90.3. The first kappa shape index (κ1) is 28.7. The number of hydrogen-bond donors (Lipinski definition) is 4. The second kappa shape index (κ2) is 10.7. The summed E-state index contributed by atoms with van der Waals surface area (Å²) in [4.78, 5) is -1.03. The Morgan fingerprint density at radius 3 is 1.62 bits per heavy atom. The normalized spacial score (nSPS) is 12.9. The molecule has 4 N–H and O–H groups in total. The average Bonchev–Trinajstić information content (AvgIpc) is 2.85. The predicted octanol–water partition coefficient (Wildman–Crippen LogP) is 5.24. The maximum atomic E-state index is 12.0. The van der Waals surface area contributed by atoms with Crippen molar-refractivity contribution in [2.45, 2.75) is 9.79 Å². The van der Waals surface area contributed by atoms with E-state index in [2.05, 4.69) is 25.2 Å². The minimum absolute atomic E-state index is 0.109. The Morgan fingerprint density at radius 1 is 0.650 bits per heavy atom. The Kier molecular flexibility index (Phi) is 7.68. The third-order valence-electron chi connectivity index (χ3n) is 5.16. The Labute approximate surface area is 228 Å². The number of sulfonamides is 1. The molecular weight excluding hydrogens is 586 g/mol. The van der Waals surface area contributed by atoms with Crippen LogP contribution < -0.4 is 4.72 Å². The van der Waals surface area contributed by atoms with Gasteiger partial charge >= 0.3 is 0 Å². The van der Waals surface area contributed by atoms with Gasteiger partial charge in [0, 0.05) is 11.1 Å². The zero-order valence-electron chi connectivity index (χ0n) is 20.2. The molecule has 0 aliphatic rings. The fourth-order valence-electron chi connectivity index (χ4n) is 3.42. The minimum atomic E-state index is -4.88. The molecule has 0 radical (unpaired) electrons. The highest BCUT2D eigenvalue weighted by Crippen LogP contribution is 2.42. The molecule has 0 aromatic heterocycles. The van der Waals surface area contributed by atoms with Crippen LogP contribution in [-0.4, -0.2) is 45.7 Å². The lowest BCUT2D eigenvalue weighted by molar-refractivity contribution is 0.472. The van der Waals surface area contributed by atoms with E-state index in [1.54, 1.807) is 0 Å². The topological polar surface area (TPSA) is 225 Å². The number of nitrogens with one attached hydrogen (secondary N) is 1. The summed E-state index contributed by atoms with van der Waals surface area (Å²) in [6.45, 7) is 0. The summed E-state index contributed by atoms with van der Waals surface area (Å²) in [5.74, 6) is -0.606. The van der Waals surface area contributed by atoms with E-state index in [1.807, 2.05) is 0 Å². The number of rotatable bonds is 8. The van der Waals surface area contributed by atoms with Crippen molar-refractivity contribution in [1.29, 1.82) is 0 Å². The van der Waals surface area contributed by atoms with Crippen molar-refractivity contribution in [3.05, 3.63) is 72.8 Å². The lowest BCUT2D eigenvalue weighted by atomic mass is 10.1. The number of aromatic hydroxyl groups is 1. The van der Waals surface area contributed by atoms with Crippen LogP contribution in [-0.2, 0) is 30.3 Å². The maximum absolute atomic E-state index is 12.0. The smallest absolute Gasteiger partial charge is 0.296 e. The van der Waals surface area contributed by atoms with Gasteiger partial charge in [-0.2, -0.15) is 32.2 Å². The van der Waals surface area contributed by atoms with Crippen LogP contribution in [0.2, 0.25) is 0 Å². The molecule has 4 aromatic carbocycles. The van der Waals surface area contributed by atoms with Crippen LogP contribution in [0.5, 0.6) is 5.75 Å². The number of nitrogens with zero attached hydrogens (tertiary/aromatic N) is 4. The molecule has 0 unspecified atom stereocenters. The van der Waals surface area contributed by atoms with Gasteiger partial charge in [0.15, 0.2) is 5.75 Å². The van der Waals surface area contributed by atoms with Crippen molar-refractivity contribution < 1.29 is 39.5 Å². The van der Waals surface area contributed by atoms with E-state index in [4.69, 9.17) is 4.55 Å². The van der Waals surface area contributed by atoms with E-state index in [0.717, 1.165) is 12.3 Å². The molecule has 0 aliphatic carbocycles. The van der Waals surface area contributed by atoms with Gasteiger partial charge in [-0.25, -0.2) is 8.42 Å². The maximum Gasteiger partial charge on any atom is 0.296 e. The summed E-state index contributed by atoms with van der Waals surface area (Å²) in [7, 11) is -12.8. The highest BCUT2D eigenvalue weighted by atomic mass is 32.2. The first-order valence-electron chi connectivity index (χ1n) is 10.9. The highest BCUT2D eigenvalue weighted by Gasteiger charge is 2.22. The molecule has 0 saturated carbocycles. The second-order valence-corrected chi connectivity index (χ2v) is 12.8. The number of benzene rings is 4. The van der Waals surface area contributed by atoms with E-state index in [0.29, 0.717) is 11.4 Å². The van der Waals surface area contributed by atoms with Gasteiger partial charge in [0.05, 0.1) is 28.2 Å². The van der Waals surface area contributed by atoms with Gasteiger partial charge in [-0.15, -0.1) is 5.11 Å². The molecule has 0 atom stereocenters. The summed E-state index contributed by atoms with van der Waals surface area (Å²) in [6.07, 6.45) is 0.935. The van der Waals surface area contributed by atoms with Crippen LogP contribution in [0.25, 0.3) is 10.8 Å². The summed E-state index contributed by atoms with van der Waals surface area (Å²) >= 11 is 0. The molecule has 0 saturated heterocycles. The SMILES string of the molecule is CS(=O)(=O)Nc1ccc2c(O)c(N=Nc3ccc(N=Nc4ccc(S(=O)(=O)O)cc4)cc3)c(S(=O)(=O)O)cc2c1. The van der Waals surface area contributed by atoms with Gasteiger partial charge in [-0.05, 0) is 78.2 Å². The van der Waals surface area contributed by atoms with E-state index < -0.39 is 46.6 Å².